The number of amides is 1. The third-order valence-corrected chi connectivity index (χ3v) is 5.82. The van der Waals surface area contributed by atoms with Crippen LogP contribution in [0.1, 0.15) is 43.9 Å². The zero-order valence-electron chi connectivity index (χ0n) is 17.8. The molecule has 7 heteroatoms. The summed E-state index contributed by atoms with van der Waals surface area (Å²) in [4.78, 5) is 28.1. The Morgan fingerprint density at radius 2 is 1.87 bits per heavy atom. The maximum absolute atomic E-state index is 14.4. The molecule has 1 amide bonds. The predicted molar refractivity (Wildman–Crippen MR) is 118 cm³/mol. The molecule has 3 heterocycles. The predicted octanol–water partition coefficient (Wildman–Crippen LogP) is 4.44. The van der Waals surface area contributed by atoms with E-state index >= 15 is 0 Å². The van der Waals surface area contributed by atoms with Crippen LogP contribution in [0.5, 0.6) is 0 Å². The normalized spacial score (nSPS) is 16.7. The van der Waals surface area contributed by atoms with Crippen LogP contribution in [0.25, 0.3) is 0 Å². The molecule has 1 fully saturated rings. The number of likely N-dealkylation sites (tertiary alicyclic amines) is 1. The van der Waals surface area contributed by atoms with E-state index in [1.165, 1.54) is 6.07 Å². The van der Waals surface area contributed by atoms with E-state index < -0.39 is 5.41 Å². The number of carbonyl (C=O) groups is 1. The summed E-state index contributed by atoms with van der Waals surface area (Å²) in [6.45, 7) is 4.85. The fourth-order valence-electron chi connectivity index (χ4n) is 4.10. The van der Waals surface area contributed by atoms with Gasteiger partial charge in [-0.1, -0.05) is 18.2 Å². The lowest BCUT2D eigenvalue weighted by molar-refractivity contribution is -0.137. The van der Waals surface area contributed by atoms with Gasteiger partial charge in [-0.25, -0.2) is 14.4 Å². The van der Waals surface area contributed by atoms with Gasteiger partial charge in [0.25, 0.3) is 0 Å². The highest BCUT2D eigenvalue weighted by atomic mass is 19.1. The van der Waals surface area contributed by atoms with Crippen molar-refractivity contribution < 1.29 is 9.18 Å². The van der Waals surface area contributed by atoms with Crippen molar-refractivity contribution in [1.82, 2.24) is 19.9 Å². The molecule has 1 N–H and O–H groups in total. The third kappa shape index (κ3) is 4.55. The lowest BCUT2D eigenvalue weighted by atomic mass is 9.81. The lowest BCUT2D eigenvalue weighted by Gasteiger charge is -2.37. The zero-order valence-corrected chi connectivity index (χ0v) is 17.8. The van der Waals surface area contributed by atoms with E-state index in [0.29, 0.717) is 24.6 Å². The third-order valence-electron chi connectivity index (χ3n) is 5.82. The Morgan fingerprint density at radius 3 is 2.58 bits per heavy atom. The molecule has 160 valence electrons. The maximum Gasteiger partial charge on any atom is 0.232 e. The number of hydrogen-bond acceptors (Lipinski definition) is 5. The average molecular weight is 420 g/mol. The SMILES string of the molecule is CC(C)(C(=O)N1CCC[C@@H](c2ccc(Nc3ncccn3)cn2)C1)c1ccccc1F. The number of carbonyl (C=O) groups excluding carboxylic acids is 1. The minimum absolute atomic E-state index is 0.0539. The maximum atomic E-state index is 14.4. The lowest BCUT2D eigenvalue weighted by Crippen LogP contribution is -2.47. The van der Waals surface area contributed by atoms with Crippen LogP contribution in [0.2, 0.25) is 0 Å². The van der Waals surface area contributed by atoms with Gasteiger partial charge in [-0.2, -0.15) is 0 Å². The van der Waals surface area contributed by atoms with E-state index in [4.69, 9.17) is 0 Å². The number of nitrogens with zero attached hydrogens (tertiary/aromatic N) is 4. The van der Waals surface area contributed by atoms with Gasteiger partial charge in [-0.15, -0.1) is 0 Å². The van der Waals surface area contributed by atoms with Crippen LogP contribution in [0.15, 0.2) is 61.1 Å². The Balaban J connectivity index is 1.46. The van der Waals surface area contributed by atoms with Crippen LogP contribution >= 0.6 is 0 Å². The summed E-state index contributed by atoms with van der Waals surface area (Å²) in [5.41, 5.74) is 1.25. The summed E-state index contributed by atoms with van der Waals surface area (Å²) in [5, 5.41) is 3.12. The Morgan fingerprint density at radius 1 is 1.10 bits per heavy atom. The molecule has 1 aromatic carbocycles. The molecule has 0 aliphatic carbocycles. The number of rotatable bonds is 5. The van der Waals surface area contributed by atoms with Crippen LogP contribution < -0.4 is 5.32 Å². The van der Waals surface area contributed by atoms with Crippen molar-refractivity contribution in [2.24, 2.45) is 0 Å². The summed E-state index contributed by atoms with van der Waals surface area (Å²) in [6.07, 6.45) is 6.96. The topological polar surface area (TPSA) is 71.0 Å². The molecule has 31 heavy (non-hydrogen) atoms. The van der Waals surface area contributed by atoms with Gasteiger partial charge in [0.1, 0.15) is 5.82 Å². The summed E-state index contributed by atoms with van der Waals surface area (Å²) >= 11 is 0. The van der Waals surface area contributed by atoms with Gasteiger partial charge >= 0.3 is 0 Å². The molecule has 0 radical (unpaired) electrons. The van der Waals surface area contributed by atoms with Crippen molar-refractivity contribution in [2.75, 3.05) is 18.4 Å². The van der Waals surface area contributed by atoms with Gasteiger partial charge in [-0.05, 0) is 51.0 Å². The molecule has 6 nitrogen and oxygen atoms in total. The summed E-state index contributed by atoms with van der Waals surface area (Å²) in [7, 11) is 0. The molecule has 2 aromatic heterocycles. The van der Waals surface area contributed by atoms with Crippen LogP contribution in [0.4, 0.5) is 16.0 Å². The van der Waals surface area contributed by atoms with Crippen molar-refractivity contribution in [2.45, 2.75) is 38.0 Å². The van der Waals surface area contributed by atoms with Crippen LogP contribution in [-0.2, 0) is 10.2 Å². The van der Waals surface area contributed by atoms with Crippen molar-refractivity contribution >= 4 is 17.5 Å². The highest BCUT2D eigenvalue weighted by Crippen LogP contribution is 2.32. The fourth-order valence-corrected chi connectivity index (χ4v) is 4.10. The first-order valence-corrected chi connectivity index (χ1v) is 10.5. The van der Waals surface area contributed by atoms with Crippen LogP contribution in [0, 0.1) is 5.82 Å². The minimum atomic E-state index is -0.926. The van der Waals surface area contributed by atoms with Crippen LogP contribution in [0.3, 0.4) is 0 Å². The van der Waals surface area contributed by atoms with Gasteiger partial charge in [0.05, 0.1) is 17.3 Å². The summed E-state index contributed by atoms with van der Waals surface area (Å²) in [6, 6.07) is 12.2. The molecule has 1 aliphatic rings. The zero-order chi connectivity index (χ0) is 21.8. The number of nitrogens with one attached hydrogen (secondary N) is 1. The number of aromatic nitrogens is 3. The number of hydrogen-bond donors (Lipinski definition) is 1. The van der Waals surface area contributed by atoms with Gasteiger partial charge in [-0.3, -0.25) is 9.78 Å². The Kier molecular flexibility index (Phi) is 5.93. The molecule has 1 aliphatic heterocycles. The highest BCUT2D eigenvalue weighted by molar-refractivity contribution is 5.87. The first-order chi connectivity index (χ1) is 14.9. The van der Waals surface area contributed by atoms with Crippen molar-refractivity contribution in [3.8, 4) is 0 Å². The highest BCUT2D eigenvalue weighted by Gasteiger charge is 2.37. The smallest absolute Gasteiger partial charge is 0.232 e. The Bertz CT molecular complexity index is 1040. The summed E-state index contributed by atoms with van der Waals surface area (Å²) < 4.78 is 14.4. The molecule has 0 saturated carbocycles. The molecular weight excluding hydrogens is 393 g/mol. The van der Waals surface area contributed by atoms with E-state index in [1.807, 2.05) is 17.0 Å². The first kappa shape index (κ1) is 20.9. The minimum Gasteiger partial charge on any atom is -0.341 e. The van der Waals surface area contributed by atoms with Crippen molar-refractivity contribution in [3.05, 3.63) is 78.1 Å². The van der Waals surface area contributed by atoms with Gasteiger partial charge in [0.2, 0.25) is 11.9 Å². The molecule has 1 saturated heterocycles. The number of benzene rings is 1. The van der Waals surface area contributed by atoms with Gasteiger partial charge in [0.15, 0.2) is 0 Å². The second kappa shape index (κ2) is 8.79. The molecule has 0 unspecified atom stereocenters. The van der Waals surface area contributed by atoms with Gasteiger partial charge in [0, 0.05) is 42.7 Å². The van der Waals surface area contributed by atoms with Crippen molar-refractivity contribution in [1.29, 1.82) is 0 Å². The molecule has 0 bridgehead atoms. The number of piperidine rings is 1. The monoisotopic (exact) mass is 419 g/mol. The van der Waals surface area contributed by atoms with Crippen LogP contribution in [-0.4, -0.2) is 38.8 Å². The Labute approximate surface area is 181 Å². The largest absolute Gasteiger partial charge is 0.341 e. The second-order valence-electron chi connectivity index (χ2n) is 8.36. The quantitative estimate of drug-likeness (QED) is 0.662. The molecule has 4 rings (SSSR count). The summed E-state index contributed by atoms with van der Waals surface area (Å²) in [5.74, 6) is 0.265. The number of halogens is 1. The van der Waals surface area contributed by atoms with E-state index in [-0.39, 0.29) is 17.6 Å². The second-order valence-corrected chi connectivity index (χ2v) is 8.36. The number of pyridine rings is 1. The molecular formula is C24H26FN5O. The van der Waals surface area contributed by atoms with E-state index in [9.17, 15) is 9.18 Å². The molecule has 1 atom stereocenters. The van der Waals surface area contributed by atoms with E-state index in [1.54, 1.807) is 56.7 Å². The van der Waals surface area contributed by atoms with Crippen molar-refractivity contribution in [3.63, 3.8) is 0 Å². The molecule has 0 spiro atoms. The average Bonchev–Trinajstić information content (AvgIpc) is 2.80. The molecule has 3 aromatic rings. The fraction of sp³-hybridized carbons (Fsp3) is 0.333. The van der Waals surface area contributed by atoms with Gasteiger partial charge < -0.3 is 10.2 Å². The first-order valence-electron chi connectivity index (χ1n) is 10.5. The Hall–Kier alpha value is -3.35. The standard InChI is InChI=1S/C24H26FN5O/c1-24(2,19-8-3-4-9-20(19)25)22(31)30-14-5-7-17(16-30)21-11-10-18(15-28-21)29-23-26-12-6-13-27-23/h3-4,6,8-13,15,17H,5,7,14,16H2,1-2H3,(H,26,27,29)/t17-/m1/s1. The van der Waals surface area contributed by atoms with E-state index in [0.717, 1.165) is 24.2 Å². The van der Waals surface area contributed by atoms with E-state index in [2.05, 4.69) is 20.3 Å². The number of anilines is 2.